The standard InChI is InChI=1S/C11H19Cl3NO4P/c1-5-18-20(17,19-6-2)8-7-10(3,4)15-9(16)11(12,13)14/h7-8H,5-6H2,1-4H3,(H,15,16)/b8-7+. The summed E-state index contributed by atoms with van der Waals surface area (Å²) in [7, 11) is -3.33. The summed E-state index contributed by atoms with van der Waals surface area (Å²) in [5.74, 6) is 0.512. The molecule has 118 valence electrons. The molecule has 0 atom stereocenters. The Morgan fingerprint density at radius 2 is 1.65 bits per heavy atom. The maximum Gasteiger partial charge on any atom is 0.353 e. The molecule has 0 fully saturated rings. The first kappa shape index (κ1) is 20.2. The Balaban J connectivity index is 4.92. The third-order valence-electron chi connectivity index (χ3n) is 1.99. The predicted octanol–water partition coefficient (Wildman–Crippen LogP) is 4.03. The average Bonchev–Trinajstić information content (AvgIpc) is 2.26. The number of hydrogen-bond acceptors (Lipinski definition) is 4. The van der Waals surface area contributed by atoms with Gasteiger partial charge in [-0.1, -0.05) is 40.9 Å². The Morgan fingerprint density at radius 3 is 2.00 bits per heavy atom. The second-order valence-electron chi connectivity index (χ2n) is 4.36. The molecular weight excluding hydrogens is 347 g/mol. The zero-order chi connectivity index (χ0) is 16.0. The molecule has 9 heteroatoms. The molecule has 0 aromatic rings. The number of amides is 1. The predicted molar refractivity (Wildman–Crippen MR) is 82.5 cm³/mol. The first-order chi connectivity index (χ1) is 8.96. The van der Waals surface area contributed by atoms with E-state index in [0.29, 0.717) is 0 Å². The third kappa shape index (κ3) is 7.87. The quantitative estimate of drug-likeness (QED) is 0.546. The van der Waals surface area contributed by atoms with Crippen molar-refractivity contribution in [3.05, 3.63) is 11.9 Å². The normalized spacial score (nSPS) is 13.8. The zero-order valence-corrected chi connectivity index (χ0v) is 14.9. The van der Waals surface area contributed by atoms with Gasteiger partial charge in [0.2, 0.25) is 0 Å². The minimum absolute atomic E-state index is 0.239. The summed E-state index contributed by atoms with van der Waals surface area (Å²) in [6.07, 6.45) is 1.48. The SMILES string of the molecule is CCOP(=O)(/C=C/C(C)(C)NC(=O)C(Cl)(Cl)Cl)OCC. The lowest BCUT2D eigenvalue weighted by Crippen LogP contribution is -2.46. The lowest BCUT2D eigenvalue weighted by Gasteiger charge is -2.25. The molecule has 0 radical (unpaired) electrons. The summed E-state index contributed by atoms with van der Waals surface area (Å²) in [5.41, 5.74) is -0.884. The van der Waals surface area contributed by atoms with Gasteiger partial charge in [0, 0.05) is 5.82 Å². The van der Waals surface area contributed by atoms with Crippen LogP contribution in [0.3, 0.4) is 0 Å². The molecule has 0 bridgehead atoms. The van der Waals surface area contributed by atoms with Crippen molar-refractivity contribution in [3.8, 4) is 0 Å². The van der Waals surface area contributed by atoms with E-state index in [1.807, 2.05) is 0 Å². The molecule has 0 aliphatic heterocycles. The van der Waals surface area contributed by atoms with E-state index in [9.17, 15) is 9.36 Å². The smallest absolute Gasteiger partial charge is 0.344 e. The van der Waals surface area contributed by atoms with Crippen LogP contribution in [0.15, 0.2) is 11.9 Å². The summed E-state index contributed by atoms with van der Waals surface area (Å²) in [4.78, 5) is 11.6. The van der Waals surface area contributed by atoms with Crippen LogP contribution in [0.4, 0.5) is 0 Å². The van der Waals surface area contributed by atoms with Crippen LogP contribution in [0.2, 0.25) is 0 Å². The monoisotopic (exact) mass is 365 g/mol. The number of alkyl halides is 3. The second kappa shape index (κ2) is 8.02. The van der Waals surface area contributed by atoms with Crippen molar-refractivity contribution in [1.82, 2.24) is 5.32 Å². The van der Waals surface area contributed by atoms with Gasteiger partial charge in [0.1, 0.15) is 0 Å². The van der Waals surface area contributed by atoms with Gasteiger partial charge in [0.25, 0.3) is 9.70 Å². The molecular formula is C11H19Cl3NO4P. The maximum absolute atomic E-state index is 12.2. The molecule has 0 aliphatic carbocycles. The number of hydrogen-bond donors (Lipinski definition) is 1. The molecule has 5 nitrogen and oxygen atoms in total. The van der Waals surface area contributed by atoms with E-state index in [0.717, 1.165) is 0 Å². The molecule has 1 amide bonds. The van der Waals surface area contributed by atoms with Gasteiger partial charge < -0.3 is 14.4 Å². The van der Waals surface area contributed by atoms with Crippen LogP contribution in [0.1, 0.15) is 27.7 Å². The summed E-state index contributed by atoms with van der Waals surface area (Å²) in [6.45, 7) is 7.19. The number of carbonyl (C=O) groups excluding carboxylic acids is 1. The van der Waals surface area contributed by atoms with Crippen LogP contribution < -0.4 is 5.32 Å². The highest BCUT2D eigenvalue weighted by Crippen LogP contribution is 2.50. The Labute approximate surface area is 134 Å². The van der Waals surface area contributed by atoms with Gasteiger partial charge in [0.15, 0.2) is 0 Å². The van der Waals surface area contributed by atoms with Crippen LogP contribution in [-0.2, 0) is 18.4 Å². The van der Waals surface area contributed by atoms with Crippen molar-refractivity contribution in [2.45, 2.75) is 37.0 Å². The van der Waals surface area contributed by atoms with E-state index in [4.69, 9.17) is 43.9 Å². The number of halogens is 3. The van der Waals surface area contributed by atoms with Gasteiger partial charge in [-0.05, 0) is 27.7 Å². The van der Waals surface area contributed by atoms with Gasteiger partial charge in [0.05, 0.1) is 18.8 Å². The number of rotatable bonds is 7. The summed E-state index contributed by atoms with van der Waals surface area (Å²) in [5, 5.41) is 2.50. The van der Waals surface area contributed by atoms with Crippen molar-refractivity contribution in [2.75, 3.05) is 13.2 Å². The van der Waals surface area contributed by atoms with Crippen molar-refractivity contribution in [2.24, 2.45) is 0 Å². The fourth-order valence-electron chi connectivity index (χ4n) is 1.17. The van der Waals surface area contributed by atoms with Crippen LogP contribution >= 0.6 is 42.4 Å². The number of nitrogens with one attached hydrogen (secondary N) is 1. The molecule has 0 aromatic carbocycles. The van der Waals surface area contributed by atoms with E-state index < -0.39 is 22.8 Å². The summed E-state index contributed by atoms with van der Waals surface area (Å²) >= 11 is 16.4. The van der Waals surface area contributed by atoms with Crippen LogP contribution in [0.5, 0.6) is 0 Å². The molecule has 0 unspecified atom stereocenters. The van der Waals surface area contributed by atoms with Gasteiger partial charge in [-0.25, -0.2) is 0 Å². The van der Waals surface area contributed by atoms with Crippen LogP contribution in [0.25, 0.3) is 0 Å². The van der Waals surface area contributed by atoms with Crippen LogP contribution in [-0.4, -0.2) is 28.5 Å². The fourth-order valence-corrected chi connectivity index (χ4v) is 2.83. The summed E-state index contributed by atoms with van der Waals surface area (Å²) < 4.78 is 20.3. The maximum atomic E-state index is 12.2. The van der Waals surface area contributed by atoms with Gasteiger partial charge in [-0.2, -0.15) is 0 Å². The second-order valence-corrected chi connectivity index (χ2v) is 8.54. The minimum Gasteiger partial charge on any atom is -0.344 e. The third-order valence-corrected chi connectivity index (χ3v) is 4.25. The molecule has 0 heterocycles. The van der Waals surface area contributed by atoms with E-state index in [-0.39, 0.29) is 13.2 Å². The lowest BCUT2D eigenvalue weighted by atomic mass is 10.1. The highest BCUT2D eigenvalue weighted by atomic mass is 35.6. The Bertz CT molecular complexity index is 397. The number of carbonyl (C=O) groups is 1. The molecule has 0 rings (SSSR count). The van der Waals surface area contributed by atoms with Crippen molar-refractivity contribution < 1.29 is 18.4 Å². The lowest BCUT2D eigenvalue weighted by molar-refractivity contribution is -0.121. The molecule has 1 N–H and O–H groups in total. The van der Waals surface area contributed by atoms with Crippen LogP contribution in [0, 0.1) is 0 Å². The molecule has 20 heavy (non-hydrogen) atoms. The van der Waals surface area contributed by atoms with Crippen molar-refractivity contribution in [3.63, 3.8) is 0 Å². The van der Waals surface area contributed by atoms with Crippen molar-refractivity contribution >= 4 is 48.3 Å². The first-order valence-corrected chi connectivity index (χ1v) is 8.69. The Hall–Kier alpha value is 0.230. The average molecular weight is 367 g/mol. The molecule has 0 aliphatic rings. The first-order valence-electron chi connectivity index (χ1n) is 5.94. The Morgan fingerprint density at radius 1 is 1.20 bits per heavy atom. The highest BCUT2D eigenvalue weighted by Gasteiger charge is 2.34. The highest BCUT2D eigenvalue weighted by molar-refractivity contribution is 7.57. The summed E-state index contributed by atoms with van der Waals surface area (Å²) in [6, 6.07) is 0. The topological polar surface area (TPSA) is 64.6 Å². The minimum atomic E-state index is -3.33. The van der Waals surface area contributed by atoms with E-state index in [2.05, 4.69) is 5.32 Å². The van der Waals surface area contributed by atoms with E-state index >= 15 is 0 Å². The van der Waals surface area contributed by atoms with Gasteiger partial charge in [-0.15, -0.1) is 0 Å². The zero-order valence-electron chi connectivity index (χ0n) is 11.8. The van der Waals surface area contributed by atoms with Gasteiger partial charge in [-0.3, -0.25) is 9.36 Å². The largest absolute Gasteiger partial charge is 0.353 e. The van der Waals surface area contributed by atoms with E-state index in [1.165, 1.54) is 11.9 Å². The van der Waals surface area contributed by atoms with Crippen molar-refractivity contribution in [1.29, 1.82) is 0 Å². The molecule has 0 saturated carbocycles. The Kier molecular flexibility index (Phi) is 8.11. The molecule has 0 spiro atoms. The molecule has 0 saturated heterocycles. The van der Waals surface area contributed by atoms with Gasteiger partial charge >= 0.3 is 7.60 Å². The molecule has 0 aromatic heterocycles. The fraction of sp³-hybridized carbons (Fsp3) is 0.727. The van der Waals surface area contributed by atoms with E-state index in [1.54, 1.807) is 27.7 Å².